The molecule has 1 aliphatic carbocycles. The maximum Gasteiger partial charge on any atom is 0.0844 e. The monoisotopic (exact) mass is 324 g/mol. The molecule has 0 aromatic rings. The van der Waals surface area contributed by atoms with Crippen LogP contribution in [0.4, 0.5) is 0 Å². The summed E-state index contributed by atoms with van der Waals surface area (Å²) < 4.78 is 5.83. The molecule has 0 N–H and O–H groups in total. The molecule has 0 radical (unpaired) electrons. The van der Waals surface area contributed by atoms with Crippen LogP contribution in [-0.4, -0.2) is 20.3 Å². The third kappa shape index (κ3) is 4.60. The Morgan fingerprint density at radius 2 is 1.41 bits per heavy atom. The van der Waals surface area contributed by atoms with Gasteiger partial charge in [-0.25, -0.2) is 0 Å². The summed E-state index contributed by atoms with van der Waals surface area (Å²) in [7, 11) is -1.12. The van der Waals surface area contributed by atoms with Crippen molar-refractivity contribution in [3.63, 3.8) is 0 Å². The molecule has 4 atom stereocenters. The first-order chi connectivity index (χ1) is 10.7. The Morgan fingerprint density at radius 3 is 1.86 bits per heavy atom. The zero-order valence-electron chi connectivity index (χ0n) is 15.7. The van der Waals surface area contributed by atoms with Gasteiger partial charge < -0.3 is 4.74 Å². The fourth-order valence-corrected chi connectivity index (χ4v) is 11.6. The van der Waals surface area contributed by atoms with E-state index < -0.39 is 8.07 Å². The third-order valence-electron chi connectivity index (χ3n) is 6.80. The van der Waals surface area contributed by atoms with Crippen LogP contribution in [0.1, 0.15) is 85.5 Å². The van der Waals surface area contributed by atoms with Crippen LogP contribution in [0.25, 0.3) is 0 Å². The van der Waals surface area contributed by atoms with Gasteiger partial charge >= 0.3 is 0 Å². The standard InChI is InChI=1S/C20H40OSi/c1-5-8-13-22(14-9-6-2,15-10-7-3)17(4)18-11-12-19-20(16-18)21-19/h17-20H,5-16H2,1-4H3. The molecule has 1 aliphatic heterocycles. The van der Waals surface area contributed by atoms with Crippen LogP contribution in [-0.2, 0) is 4.74 Å². The Bertz CT molecular complexity index is 295. The van der Waals surface area contributed by atoms with Crippen molar-refractivity contribution in [2.24, 2.45) is 5.92 Å². The van der Waals surface area contributed by atoms with Crippen molar-refractivity contribution >= 4 is 8.07 Å². The molecule has 130 valence electrons. The average Bonchev–Trinajstić information content (AvgIpc) is 3.32. The molecule has 1 nitrogen and oxygen atoms in total. The van der Waals surface area contributed by atoms with Crippen LogP contribution >= 0.6 is 0 Å². The maximum atomic E-state index is 5.83. The van der Waals surface area contributed by atoms with Gasteiger partial charge in [0.15, 0.2) is 0 Å². The molecule has 2 fully saturated rings. The summed E-state index contributed by atoms with van der Waals surface area (Å²) in [5.41, 5.74) is 1.03. The smallest absolute Gasteiger partial charge is 0.0844 e. The zero-order valence-corrected chi connectivity index (χ0v) is 16.7. The van der Waals surface area contributed by atoms with Gasteiger partial charge in [0.1, 0.15) is 0 Å². The summed E-state index contributed by atoms with van der Waals surface area (Å²) in [5, 5.41) is 0. The van der Waals surface area contributed by atoms with E-state index >= 15 is 0 Å². The number of epoxide rings is 1. The molecule has 0 aromatic heterocycles. The first-order valence-corrected chi connectivity index (χ1v) is 13.0. The molecule has 2 heteroatoms. The van der Waals surface area contributed by atoms with Gasteiger partial charge in [-0.05, 0) is 30.7 Å². The van der Waals surface area contributed by atoms with E-state index in [0.29, 0.717) is 12.2 Å². The number of fused-ring (bicyclic) bond motifs is 1. The maximum absolute atomic E-state index is 5.83. The second-order valence-electron chi connectivity index (χ2n) is 8.25. The molecular weight excluding hydrogens is 284 g/mol. The van der Waals surface area contributed by atoms with E-state index in [1.54, 1.807) is 18.1 Å². The second-order valence-corrected chi connectivity index (χ2v) is 13.4. The van der Waals surface area contributed by atoms with E-state index in [1.165, 1.54) is 57.8 Å². The quantitative estimate of drug-likeness (QED) is 0.301. The van der Waals surface area contributed by atoms with Gasteiger partial charge in [0.2, 0.25) is 0 Å². The van der Waals surface area contributed by atoms with Crippen molar-refractivity contribution in [3.8, 4) is 0 Å². The van der Waals surface area contributed by atoms with Crippen LogP contribution in [0.15, 0.2) is 0 Å². The molecule has 0 spiro atoms. The minimum absolute atomic E-state index is 0.663. The van der Waals surface area contributed by atoms with Crippen molar-refractivity contribution in [3.05, 3.63) is 0 Å². The van der Waals surface area contributed by atoms with Crippen molar-refractivity contribution in [2.75, 3.05) is 0 Å². The third-order valence-corrected chi connectivity index (χ3v) is 13.3. The second kappa shape index (κ2) is 8.87. The Kier molecular flexibility index (Phi) is 7.46. The number of rotatable bonds is 11. The van der Waals surface area contributed by atoms with Gasteiger partial charge in [-0.2, -0.15) is 0 Å². The lowest BCUT2D eigenvalue weighted by molar-refractivity contribution is 0.353. The molecule has 0 aromatic carbocycles. The Hall–Kier alpha value is 0.177. The number of unbranched alkanes of at least 4 members (excludes halogenated alkanes) is 3. The van der Waals surface area contributed by atoms with Gasteiger partial charge in [-0.1, -0.05) is 84.4 Å². The number of hydrogen-bond acceptors (Lipinski definition) is 1. The van der Waals surface area contributed by atoms with Crippen molar-refractivity contribution in [1.29, 1.82) is 0 Å². The van der Waals surface area contributed by atoms with Crippen LogP contribution in [0.2, 0.25) is 23.7 Å². The summed E-state index contributed by atoms with van der Waals surface area (Å²) in [6.45, 7) is 9.81. The summed E-state index contributed by atoms with van der Waals surface area (Å²) >= 11 is 0. The van der Waals surface area contributed by atoms with Gasteiger partial charge in [0, 0.05) is 0 Å². The van der Waals surface area contributed by atoms with E-state index in [2.05, 4.69) is 27.7 Å². The molecule has 1 heterocycles. The molecule has 0 bridgehead atoms. The van der Waals surface area contributed by atoms with Crippen LogP contribution in [0.5, 0.6) is 0 Å². The lowest BCUT2D eigenvalue weighted by atomic mass is 9.87. The van der Waals surface area contributed by atoms with E-state index in [-0.39, 0.29) is 0 Å². The molecule has 2 aliphatic rings. The summed E-state index contributed by atoms with van der Waals surface area (Å²) in [5.74, 6) is 0.987. The van der Waals surface area contributed by atoms with E-state index in [4.69, 9.17) is 4.74 Å². The van der Waals surface area contributed by atoms with E-state index in [0.717, 1.165) is 11.5 Å². The van der Waals surface area contributed by atoms with Gasteiger partial charge in [-0.3, -0.25) is 0 Å². The van der Waals surface area contributed by atoms with Gasteiger partial charge in [0.05, 0.1) is 20.3 Å². The highest BCUT2D eigenvalue weighted by molar-refractivity contribution is 6.81. The van der Waals surface area contributed by atoms with Crippen molar-refractivity contribution in [1.82, 2.24) is 0 Å². The topological polar surface area (TPSA) is 12.5 Å². The Labute approximate surface area is 140 Å². The molecule has 22 heavy (non-hydrogen) atoms. The molecule has 4 unspecified atom stereocenters. The van der Waals surface area contributed by atoms with Crippen molar-refractivity contribution < 1.29 is 4.74 Å². The van der Waals surface area contributed by atoms with Crippen LogP contribution < -0.4 is 0 Å². The van der Waals surface area contributed by atoms with Gasteiger partial charge in [0.25, 0.3) is 0 Å². The minimum Gasteiger partial charge on any atom is -0.370 e. The molecule has 1 saturated carbocycles. The van der Waals surface area contributed by atoms with Gasteiger partial charge in [-0.15, -0.1) is 0 Å². The average molecular weight is 325 g/mol. The van der Waals surface area contributed by atoms with E-state index in [1.807, 2.05) is 0 Å². The normalized spacial score (nSPS) is 29.2. The fourth-order valence-electron chi connectivity index (χ4n) is 5.03. The Morgan fingerprint density at radius 1 is 0.864 bits per heavy atom. The SMILES string of the molecule is CCCC[Si](CCCC)(CCCC)C(C)C1CCC2OC2C1. The molecule has 2 rings (SSSR count). The summed E-state index contributed by atoms with van der Waals surface area (Å²) in [6.07, 6.45) is 14.2. The van der Waals surface area contributed by atoms with Crippen LogP contribution in [0, 0.1) is 5.92 Å². The number of hydrogen-bond donors (Lipinski definition) is 0. The minimum atomic E-state index is -1.12. The summed E-state index contributed by atoms with van der Waals surface area (Å²) in [4.78, 5) is 0. The Balaban J connectivity index is 2.06. The highest BCUT2D eigenvalue weighted by atomic mass is 28.3. The molecular formula is C20H40OSi. The lowest BCUT2D eigenvalue weighted by Gasteiger charge is -2.43. The predicted octanol–water partition coefficient (Wildman–Crippen LogP) is 6.79. The zero-order chi connectivity index (χ0) is 16.0. The van der Waals surface area contributed by atoms with E-state index in [9.17, 15) is 0 Å². The highest BCUT2D eigenvalue weighted by Crippen LogP contribution is 2.50. The highest BCUT2D eigenvalue weighted by Gasteiger charge is 2.48. The molecule has 1 saturated heterocycles. The lowest BCUT2D eigenvalue weighted by Crippen LogP contribution is -2.42. The molecule has 0 amide bonds. The van der Waals surface area contributed by atoms with Crippen molar-refractivity contribution in [2.45, 2.75) is 121 Å². The van der Waals surface area contributed by atoms with Crippen LogP contribution in [0.3, 0.4) is 0 Å². The fraction of sp³-hybridized carbons (Fsp3) is 1.00. The first kappa shape index (κ1) is 18.5. The predicted molar refractivity (Wildman–Crippen MR) is 100 cm³/mol. The summed E-state index contributed by atoms with van der Waals surface area (Å²) in [6, 6.07) is 4.82. The largest absolute Gasteiger partial charge is 0.370 e. The number of ether oxygens (including phenoxy) is 1. The first-order valence-electron chi connectivity index (χ1n) is 10.3.